The largest absolute Gasteiger partial charge is 0.467 e. The van der Waals surface area contributed by atoms with Crippen LogP contribution in [0.2, 0.25) is 0 Å². The Balaban J connectivity index is 4.59. The first-order chi connectivity index (χ1) is 9.06. The summed E-state index contributed by atoms with van der Waals surface area (Å²) in [5.41, 5.74) is 0. The van der Waals surface area contributed by atoms with Gasteiger partial charge in [0, 0.05) is 6.92 Å². The molecule has 1 amide bonds. The molecule has 0 bridgehead atoms. The standard InChI is InChI=1S/C10H17NO8S/c1-6(9(10(14)18-3)11-7(2)12)19-8(13)4-5-20(15,16)17/h6,9H,4-5H2,1-3H3,(H,11,12)(H,15,16,17). The van der Waals surface area contributed by atoms with Crippen molar-refractivity contribution >= 4 is 28.0 Å². The van der Waals surface area contributed by atoms with Gasteiger partial charge >= 0.3 is 11.9 Å². The molecular weight excluding hydrogens is 294 g/mol. The lowest BCUT2D eigenvalue weighted by Crippen LogP contribution is -2.49. The van der Waals surface area contributed by atoms with Gasteiger partial charge in [0.1, 0.15) is 6.10 Å². The first kappa shape index (κ1) is 18.3. The van der Waals surface area contributed by atoms with Crippen LogP contribution in [-0.4, -0.2) is 55.8 Å². The lowest BCUT2D eigenvalue weighted by Gasteiger charge is -2.22. The zero-order chi connectivity index (χ0) is 15.9. The van der Waals surface area contributed by atoms with Gasteiger partial charge in [-0.05, 0) is 6.92 Å². The fraction of sp³-hybridized carbons (Fsp3) is 0.700. The van der Waals surface area contributed by atoms with Crippen molar-refractivity contribution in [1.29, 1.82) is 0 Å². The molecule has 0 rings (SSSR count). The molecule has 0 aromatic carbocycles. The maximum atomic E-state index is 11.4. The molecule has 0 radical (unpaired) electrons. The summed E-state index contributed by atoms with van der Waals surface area (Å²) in [5.74, 6) is -3.06. The van der Waals surface area contributed by atoms with Crippen molar-refractivity contribution in [3.05, 3.63) is 0 Å². The van der Waals surface area contributed by atoms with E-state index in [1.54, 1.807) is 0 Å². The Hall–Kier alpha value is -1.68. The zero-order valence-corrected chi connectivity index (χ0v) is 12.1. The number of carbonyl (C=O) groups is 3. The molecule has 0 aliphatic carbocycles. The third-order valence-electron chi connectivity index (χ3n) is 2.16. The normalized spacial score (nSPS) is 14.0. The van der Waals surface area contributed by atoms with E-state index in [2.05, 4.69) is 10.1 Å². The molecule has 10 heteroatoms. The quantitative estimate of drug-likeness (QED) is 0.445. The number of rotatable bonds is 7. The molecular formula is C10H17NO8S. The minimum Gasteiger partial charge on any atom is -0.467 e. The SMILES string of the molecule is COC(=O)C(NC(C)=O)C(C)OC(=O)CCS(=O)(=O)O. The Kier molecular flexibility index (Phi) is 7.14. The van der Waals surface area contributed by atoms with Gasteiger partial charge in [0.2, 0.25) is 5.91 Å². The Morgan fingerprint density at radius 2 is 1.85 bits per heavy atom. The van der Waals surface area contributed by atoms with Gasteiger partial charge in [0.15, 0.2) is 6.04 Å². The van der Waals surface area contributed by atoms with Crippen LogP contribution in [0, 0.1) is 0 Å². The highest BCUT2D eigenvalue weighted by Crippen LogP contribution is 2.04. The van der Waals surface area contributed by atoms with E-state index in [1.165, 1.54) is 13.8 Å². The van der Waals surface area contributed by atoms with Gasteiger partial charge < -0.3 is 14.8 Å². The average molecular weight is 311 g/mol. The van der Waals surface area contributed by atoms with Crippen molar-refractivity contribution in [2.24, 2.45) is 0 Å². The molecule has 0 saturated heterocycles. The highest BCUT2D eigenvalue weighted by molar-refractivity contribution is 7.85. The van der Waals surface area contributed by atoms with Crippen LogP contribution in [0.5, 0.6) is 0 Å². The highest BCUT2D eigenvalue weighted by Gasteiger charge is 2.29. The number of methoxy groups -OCH3 is 1. The monoisotopic (exact) mass is 311 g/mol. The molecule has 0 aliphatic rings. The Morgan fingerprint density at radius 1 is 1.30 bits per heavy atom. The van der Waals surface area contributed by atoms with E-state index in [-0.39, 0.29) is 0 Å². The molecule has 0 aliphatic heterocycles. The first-order valence-corrected chi connectivity index (χ1v) is 7.17. The van der Waals surface area contributed by atoms with E-state index >= 15 is 0 Å². The number of hydrogen-bond acceptors (Lipinski definition) is 7. The van der Waals surface area contributed by atoms with E-state index in [4.69, 9.17) is 9.29 Å². The van der Waals surface area contributed by atoms with Crippen molar-refractivity contribution in [2.45, 2.75) is 32.4 Å². The predicted molar refractivity (Wildman–Crippen MR) is 66.2 cm³/mol. The molecule has 0 aromatic heterocycles. The number of amides is 1. The van der Waals surface area contributed by atoms with Crippen molar-refractivity contribution in [3.63, 3.8) is 0 Å². The van der Waals surface area contributed by atoms with Crippen LogP contribution in [0.15, 0.2) is 0 Å². The molecule has 0 spiro atoms. The van der Waals surface area contributed by atoms with Crippen LogP contribution >= 0.6 is 0 Å². The van der Waals surface area contributed by atoms with Crippen molar-refractivity contribution in [1.82, 2.24) is 5.32 Å². The summed E-state index contributed by atoms with van der Waals surface area (Å²) in [7, 11) is -3.18. The second-order valence-corrected chi connectivity index (χ2v) is 5.50. The molecule has 9 nitrogen and oxygen atoms in total. The summed E-state index contributed by atoms with van der Waals surface area (Å²) >= 11 is 0. The number of esters is 2. The third-order valence-corrected chi connectivity index (χ3v) is 2.88. The van der Waals surface area contributed by atoms with Crippen molar-refractivity contribution < 1.29 is 36.8 Å². The zero-order valence-electron chi connectivity index (χ0n) is 11.3. The summed E-state index contributed by atoms with van der Waals surface area (Å²) in [6, 6.07) is -1.20. The lowest BCUT2D eigenvalue weighted by molar-refractivity contribution is -0.157. The van der Waals surface area contributed by atoms with E-state index in [0.717, 1.165) is 7.11 Å². The fourth-order valence-electron chi connectivity index (χ4n) is 1.26. The average Bonchev–Trinajstić information content (AvgIpc) is 2.31. The summed E-state index contributed by atoms with van der Waals surface area (Å²) in [6.45, 7) is 2.51. The smallest absolute Gasteiger partial charge is 0.332 e. The van der Waals surface area contributed by atoms with Gasteiger partial charge in [-0.3, -0.25) is 14.1 Å². The van der Waals surface area contributed by atoms with Crippen LogP contribution in [0.3, 0.4) is 0 Å². The molecule has 0 fully saturated rings. The molecule has 0 saturated carbocycles. The molecule has 20 heavy (non-hydrogen) atoms. The maximum absolute atomic E-state index is 11.4. The summed E-state index contributed by atoms with van der Waals surface area (Å²) < 4.78 is 38.7. The number of ether oxygens (including phenoxy) is 2. The van der Waals surface area contributed by atoms with Crippen LogP contribution in [0.4, 0.5) is 0 Å². The van der Waals surface area contributed by atoms with Crippen LogP contribution < -0.4 is 5.32 Å². The second-order valence-electron chi connectivity index (χ2n) is 3.93. The molecule has 116 valence electrons. The fourth-order valence-corrected chi connectivity index (χ4v) is 1.69. The Labute approximate surface area is 116 Å². The Morgan fingerprint density at radius 3 is 2.25 bits per heavy atom. The number of nitrogens with one attached hydrogen (secondary N) is 1. The number of hydrogen-bond donors (Lipinski definition) is 2. The van der Waals surface area contributed by atoms with Crippen molar-refractivity contribution in [2.75, 3.05) is 12.9 Å². The van der Waals surface area contributed by atoms with Gasteiger partial charge in [-0.25, -0.2) is 4.79 Å². The third kappa shape index (κ3) is 7.69. The maximum Gasteiger partial charge on any atom is 0.332 e. The predicted octanol–water partition coefficient (Wildman–Crippen LogP) is -1.13. The second kappa shape index (κ2) is 7.80. The minimum absolute atomic E-state index is 0.527. The summed E-state index contributed by atoms with van der Waals surface area (Å²) in [4.78, 5) is 33.7. The van der Waals surface area contributed by atoms with Crippen LogP contribution in [-0.2, 0) is 34.0 Å². The van der Waals surface area contributed by atoms with Crippen LogP contribution in [0.25, 0.3) is 0 Å². The van der Waals surface area contributed by atoms with Gasteiger partial charge in [-0.15, -0.1) is 0 Å². The van der Waals surface area contributed by atoms with Crippen molar-refractivity contribution in [3.8, 4) is 0 Å². The first-order valence-electron chi connectivity index (χ1n) is 5.56. The molecule has 2 N–H and O–H groups in total. The van der Waals surface area contributed by atoms with E-state index < -0.39 is 52.3 Å². The van der Waals surface area contributed by atoms with Crippen LogP contribution in [0.1, 0.15) is 20.3 Å². The highest BCUT2D eigenvalue weighted by atomic mass is 32.2. The molecule has 0 heterocycles. The molecule has 2 unspecified atom stereocenters. The van der Waals surface area contributed by atoms with Gasteiger partial charge in [-0.2, -0.15) is 8.42 Å². The van der Waals surface area contributed by atoms with E-state index in [9.17, 15) is 22.8 Å². The molecule has 0 aromatic rings. The van der Waals surface area contributed by atoms with E-state index in [0.29, 0.717) is 0 Å². The summed E-state index contributed by atoms with van der Waals surface area (Å²) in [6.07, 6.45) is -1.63. The summed E-state index contributed by atoms with van der Waals surface area (Å²) in [5, 5.41) is 2.25. The van der Waals surface area contributed by atoms with Gasteiger partial charge in [0.25, 0.3) is 10.1 Å². The lowest BCUT2D eigenvalue weighted by atomic mass is 10.2. The minimum atomic E-state index is -4.28. The Bertz CT molecular complexity index is 472. The topological polar surface area (TPSA) is 136 Å². The van der Waals surface area contributed by atoms with E-state index in [1.807, 2.05) is 0 Å². The molecule has 2 atom stereocenters. The van der Waals surface area contributed by atoms with Gasteiger partial charge in [0.05, 0.1) is 19.3 Å². The van der Waals surface area contributed by atoms with Gasteiger partial charge in [-0.1, -0.05) is 0 Å². The number of carbonyl (C=O) groups excluding carboxylic acids is 3.